The SMILES string of the molecule is Cc1nc(CC(CO)c2ccccc2)cs1. The molecule has 2 aromatic rings. The summed E-state index contributed by atoms with van der Waals surface area (Å²) in [4.78, 5) is 4.43. The van der Waals surface area contributed by atoms with Crippen LogP contribution in [0.15, 0.2) is 35.7 Å². The highest BCUT2D eigenvalue weighted by Crippen LogP contribution is 2.21. The van der Waals surface area contributed by atoms with E-state index in [1.165, 1.54) is 5.56 Å². The van der Waals surface area contributed by atoms with E-state index in [4.69, 9.17) is 0 Å². The molecule has 0 aliphatic heterocycles. The van der Waals surface area contributed by atoms with Crippen LogP contribution in [0, 0.1) is 6.92 Å². The Balaban J connectivity index is 2.12. The van der Waals surface area contributed by atoms with Gasteiger partial charge in [0.15, 0.2) is 0 Å². The van der Waals surface area contributed by atoms with E-state index in [1.54, 1.807) is 11.3 Å². The minimum Gasteiger partial charge on any atom is -0.396 e. The maximum absolute atomic E-state index is 9.42. The summed E-state index contributed by atoms with van der Waals surface area (Å²) < 4.78 is 0. The van der Waals surface area contributed by atoms with Crippen LogP contribution in [0.3, 0.4) is 0 Å². The van der Waals surface area contributed by atoms with Crippen molar-refractivity contribution in [2.75, 3.05) is 6.61 Å². The van der Waals surface area contributed by atoms with Crippen molar-refractivity contribution in [2.24, 2.45) is 0 Å². The minimum atomic E-state index is 0.155. The fourth-order valence-electron chi connectivity index (χ4n) is 1.77. The quantitative estimate of drug-likeness (QED) is 0.881. The molecule has 16 heavy (non-hydrogen) atoms. The molecule has 0 fully saturated rings. The summed E-state index contributed by atoms with van der Waals surface area (Å²) in [5.41, 5.74) is 2.25. The predicted octanol–water partition coefficient (Wildman–Crippen LogP) is 2.77. The number of aliphatic hydroxyl groups is 1. The first-order chi connectivity index (χ1) is 7.79. The van der Waals surface area contributed by atoms with E-state index in [2.05, 4.69) is 22.5 Å². The van der Waals surface area contributed by atoms with Gasteiger partial charge in [0, 0.05) is 11.3 Å². The first kappa shape index (κ1) is 11.3. The van der Waals surface area contributed by atoms with Crippen LogP contribution >= 0.6 is 11.3 Å². The van der Waals surface area contributed by atoms with Crippen LogP contribution in [0.25, 0.3) is 0 Å². The lowest BCUT2D eigenvalue weighted by molar-refractivity contribution is 0.264. The minimum absolute atomic E-state index is 0.155. The van der Waals surface area contributed by atoms with Gasteiger partial charge in [-0.05, 0) is 18.9 Å². The summed E-state index contributed by atoms with van der Waals surface area (Å²) in [5, 5.41) is 12.6. The van der Waals surface area contributed by atoms with Gasteiger partial charge < -0.3 is 5.11 Å². The molecule has 0 amide bonds. The second kappa shape index (κ2) is 5.23. The standard InChI is InChI=1S/C13H15NOS/c1-10-14-13(9-16-10)7-12(8-15)11-5-3-2-4-6-11/h2-6,9,12,15H,7-8H2,1H3. The summed E-state index contributed by atoms with van der Waals surface area (Å²) in [6.45, 7) is 2.17. The van der Waals surface area contributed by atoms with Crippen molar-refractivity contribution in [3.63, 3.8) is 0 Å². The molecule has 1 aromatic heterocycles. The summed E-state index contributed by atoms with van der Waals surface area (Å²) in [6, 6.07) is 10.1. The summed E-state index contributed by atoms with van der Waals surface area (Å²) >= 11 is 1.66. The lowest BCUT2D eigenvalue weighted by Crippen LogP contribution is -2.07. The number of nitrogens with zero attached hydrogens (tertiary/aromatic N) is 1. The second-order valence-corrected chi connectivity index (χ2v) is 4.91. The Morgan fingerprint density at radius 1 is 1.31 bits per heavy atom. The normalized spacial score (nSPS) is 12.6. The van der Waals surface area contributed by atoms with Crippen LogP contribution in [0.1, 0.15) is 22.2 Å². The third kappa shape index (κ3) is 2.68. The van der Waals surface area contributed by atoms with Gasteiger partial charge in [-0.1, -0.05) is 30.3 Å². The van der Waals surface area contributed by atoms with Crippen molar-refractivity contribution in [1.82, 2.24) is 4.98 Å². The molecule has 0 aliphatic rings. The Bertz CT molecular complexity index is 438. The van der Waals surface area contributed by atoms with Gasteiger partial charge in [-0.25, -0.2) is 4.98 Å². The average molecular weight is 233 g/mol. The van der Waals surface area contributed by atoms with Gasteiger partial charge in [0.1, 0.15) is 0 Å². The number of benzene rings is 1. The highest BCUT2D eigenvalue weighted by Gasteiger charge is 2.12. The van der Waals surface area contributed by atoms with E-state index in [1.807, 2.05) is 25.1 Å². The zero-order valence-corrected chi connectivity index (χ0v) is 10.1. The van der Waals surface area contributed by atoms with Crippen molar-refractivity contribution in [2.45, 2.75) is 19.3 Å². The predicted molar refractivity (Wildman–Crippen MR) is 66.8 cm³/mol. The van der Waals surface area contributed by atoms with Crippen molar-refractivity contribution in [3.8, 4) is 0 Å². The molecule has 0 radical (unpaired) electrons. The molecular formula is C13H15NOS. The van der Waals surface area contributed by atoms with Gasteiger partial charge in [0.2, 0.25) is 0 Å². The van der Waals surface area contributed by atoms with Crippen LogP contribution in [-0.2, 0) is 6.42 Å². The van der Waals surface area contributed by atoms with Crippen molar-refractivity contribution >= 4 is 11.3 Å². The Kier molecular flexibility index (Phi) is 3.70. The number of thiazole rings is 1. The van der Waals surface area contributed by atoms with Crippen LogP contribution < -0.4 is 0 Å². The van der Waals surface area contributed by atoms with Crippen LogP contribution in [0.4, 0.5) is 0 Å². The molecule has 84 valence electrons. The maximum Gasteiger partial charge on any atom is 0.0897 e. The Morgan fingerprint density at radius 2 is 2.06 bits per heavy atom. The van der Waals surface area contributed by atoms with Crippen molar-refractivity contribution < 1.29 is 5.11 Å². The van der Waals surface area contributed by atoms with E-state index < -0.39 is 0 Å². The summed E-state index contributed by atoms with van der Waals surface area (Å²) in [6.07, 6.45) is 0.810. The van der Waals surface area contributed by atoms with Crippen LogP contribution in [0.2, 0.25) is 0 Å². The third-order valence-electron chi connectivity index (χ3n) is 2.61. The van der Waals surface area contributed by atoms with Crippen molar-refractivity contribution in [3.05, 3.63) is 52.0 Å². The molecule has 1 N–H and O–H groups in total. The van der Waals surface area contributed by atoms with Crippen LogP contribution in [0.5, 0.6) is 0 Å². The van der Waals surface area contributed by atoms with Gasteiger partial charge in [0.25, 0.3) is 0 Å². The Labute approximate surface area is 99.6 Å². The fraction of sp³-hybridized carbons (Fsp3) is 0.308. The number of hydrogen-bond acceptors (Lipinski definition) is 3. The first-order valence-corrected chi connectivity index (χ1v) is 6.24. The van der Waals surface area contributed by atoms with E-state index in [0.29, 0.717) is 0 Å². The molecule has 1 heterocycles. The Hall–Kier alpha value is -1.19. The molecule has 0 spiro atoms. The number of hydrogen-bond donors (Lipinski definition) is 1. The number of aromatic nitrogens is 1. The third-order valence-corrected chi connectivity index (χ3v) is 3.44. The molecule has 0 saturated heterocycles. The van der Waals surface area contributed by atoms with E-state index in [-0.39, 0.29) is 12.5 Å². The number of rotatable bonds is 4. The Morgan fingerprint density at radius 3 is 2.62 bits per heavy atom. The molecule has 1 unspecified atom stereocenters. The number of aliphatic hydroxyl groups excluding tert-OH is 1. The van der Waals surface area contributed by atoms with Gasteiger partial charge in [-0.15, -0.1) is 11.3 Å². The van der Waals surface area contributed by atoms with E-state index >= 15 is 0 Å². The monoisotopic (exact) mass is 233 g/mol. The van der Waals surface area contributed by atoms with E-state index in [0.717, 1.165) is 17.1 Å². The smallest absolute Gasteiger partial charge is 0.0897 e. The van der Waals surface area contributed by atoms with Gasteiger partial charge in [-0.3, -0.25) is 0 Å². The first-order valence-electron chi connectivity index (χ1n) is 5.36. The lowest BCUT2D eigenvalue weighted by atomic mass is 9.95. The van der Waals surface area contributed by atoms with Crippen LogP contribution in [-0.4, -0.2) is 16.7 Å². The molecular weight excluding hydrogens is 218 g/mol. The number of aryl methyl sites for hydroxylation is 1. The summed E-state index contributed by atoms with van der Waals surface area (Å²) in [7, 11) is 0. The topological polar surface area (TPSA) is 33.1 Å². The molecule has 1 atom stereocenters. The molecule has 3 heteroatoms. The van der Waals surface area contributed by atoms with E-state index in [9.17, 15) is 5.11 Å². The molecule has 0 aliphatic carbocycles. The molecule has 2 nitrogen and oxygen atoms in total. The van der Waals surface area contributed by atoms with Gasteiger partial charge >= 0.3 is 0 Å². The molecule has 1 aromatic carbocycles. The summed E-state index contributed by atoms with van der Waals surface area (Å²) in [5.74, 6) is 0.155. The molecule has 0 saturated carbocycles. The highest BCUT2D eigenvalue weighted by atomic mass is 32.1. The highest BCUT2D eigenvalue weighted by molar-refractivity contribution is 7.09. The zero-order chi connectivity index (χ0) is 11.4. The molecule has 2 rings (SSSR count). The average Bonchev–Trinajstić information content (AvgIpc) is 2.73. The van der Waals surface area contributed by atoms with Crippen molar-refractivity contribution in [1.29, 1.82) is 0 Å². The fourth-order valence-corrected chi connectivity index (χ4v) is 2.39. The largest absolute Gasteiger partial charge is 0.396 e. The van der Waals surface area contributed by atoms with Gasteiger partial charge in [0.05, 0.1) is 17.3 Å². The van der Waals surface area contributed by atoms with Gasteiger partial charge in [-0.2, -0.15) is 0 Å². The lowest BCUT2D eigenvalue weighted by Gasteiger charge is -2.12. The molecule has 0 bridgehead atoms. The zero-order valence-electron chi connectivity index (χ0n) is 9.26. The maximum atomic E-state index is 9.42. The second-order valence-electron chi connectivity index (χ2n) is 3.85.